The molecule has 0 spiro atoms. The van der Waals surface area contributed by atoms with Gasteiger partial charge in [0.25, 0.3) is 5.91 Å². The number of nitrogens with one attached hydrogen (secondary N) is 3. The highest BCUT2D eigenvalue weighted by atomic mass is 35.5. The number of amides is 1. The number of anilines is 1. The molecule has 1 amide bonds. The van der Waals surface area contributed by atoms with Crippen molar-refractivity contribution in [2.24, 2.45) is 4.99 Å². The quantitative estimate of drug-likeness (QED) is 0.723. The number of benzene rings is 1. The van der Waals surface area contributed by atoms with Crippen LogP contribution in [0.2, 0.25) is 5.02 Å². The van der Waals surface area contributed by atoms with E-state index in [2.05, 4.69) is 27.5 Å². The van der Waals surface area contributed by atoms with Crippen molar-refractivity contribution in [1.29, 1.82) is 0 Å². The maximum atomic E-state index is 12.0. The van der Waals surface area contributed by atoms with Gasteiger partial charge in [-0.2, -0.15) is 0 Å². The highest BCUT2D eigenvalue weighted by Gasteiger charge is 2.16. The Morgan fingerprint density at radius 2 is 2.43 bits per heavy atom. The van der Waals surface area contributed by atoms with Crippen molar-refractivity contribution >= 4 is 29.2 Å². The number of aliphatic imine (C=N–C) groups is 1. The maximum Gasteiger partial charge on any atom is 0.255 e. The Balaban J connectivity index is 2.25. The van der Waals surface area contributed by atoms with Gasteiger partial charge in [-0.3, -0.25) is 9.79 Å². The predicted molar refractivity (Wildman–Crippen MR) is 84.5 cm³/mol. The average Bonchev–Trinajstić information content (AvgIpc) is 2.99. The lowest BCUT2D eigenvalue weighted by molar-refractivity contribution is 0.0955. The minimum Gasteiger partial charge on any atom is -0.496 e. The average molecular weight is 309 g/mol. The van der Waals surface area contributed by atoms with Gasteiger partial charge in [0, 0.05) is 19.2 Å². The van der Waals surface area contributed by atoms with Gasteiger partial charge in [0.2, 0.25) is 0 Å². The minimum atomic E-state index is -0.267. The number of ether oxygens (including phenoxy) is 1. The van der Waals surface area contributed by atoms with Crippen molar-refractivity contribution in [2.45, 2.75) is 0 Å². The lowest BCUT2D eigenvalue weighted by atomic mass is 10.1. The zero-order valence-electron chi connectivity index (χ0n) is 11.7. The SMILES string of the molecule is C=CCNC(=O)c1cc(Cl)c(NC2=NCCN2)cc1OC. The monoisotopic (exact) mass is 308 g/mol. The number of hydrogen-bond donors (Lipinski definition) is 3. The van der Waals surface area contributed by atoms with Crippen LogP contribution in [0.1, 0.15) is 10.4 Å². The van der Waals surface area contributed by atoms with E-state index in [0.29, 0.717) is 34.5 Å². The predicted octanol–water partition coefficient (Wildman–Crippen LogP) is 1.64. The van der Waals surface area contributed by atoms with E-state index in [1.807, 2.05) is 0 Å². The van der Waals surface area contributed by atoms with Crippen molar-refractivity contribution in [1.82, 2.24) is 10.6 Å². The van der Waals surface area contributed by atoms with Gasteiger partial charge < -0.3 is 20.7 Å². The van der Waals surface area contributed by atoms with Gasteiger partial charge in [-0.25, -0.2) is 0 Å². The second-order valence-electron chi connectivity index (χ2n) is 4.31. The van der Waals surface area contributed by atoms with Crippen LogP contribution in [0.25, 0.3) is 0 Å². The van der Waals surface area contributed by atoms with Crippen molar-refractivity contribution < 1.29 is 9.53 Å². The van der Waals surface area contributed by atoms with Crippen LogP contribution in [0.3, 0.4) is 0 Å². The first-order chi connectivity index (χ1) is 10.2. The summed E-state index contributed by atoms with van der Waals surface area (Å²) in [7, 11) is 1.50. The molecule has 6 nitrogen and oxygen atoms in total. The molecule has 1 aliphatic heterocycles. The number of guanidine groups is 1. The van der Waals surface area contributed by atoms with Gasteiger partial charge in [-0.05, 0) is 6.07 Å². The number of methoxy groups -OCH3 is 1. The summed E-state index contributed by atoms with van der Waals surface area (Å²) in [5.41, 5.74) is 0.998. The van der Waals surface area contributed by atoms with Gasteiger partial charge in [0.1, 0.15) is 5.75 Å². The van der Waals surface area contributed by atoms with E-state index in [1.165, 1.54) is 7.11 Å². The van der Waals surface area contributed by atoms with E-state index in [4.69, 9.17) is 16.3 Å². The summed E-state index contributed by atoms with van der Waals surface area (Å²) in [6.45, 7) is 5.44. The maximum absolute atomic E-state index is 12.0. The van der Waals surface area contributed by atoms with Gasteiger partial charge in [0.15, 0.2) is 5.96 Å². The number of carbonyl (C=O) groups is 1. The molecule has 1 aromatic carbocycles. The second-order valence-corrected chi connectivity index (χ2v) is 4.72. The lowest BCUT2D eigenvalue weighted by Gasteiger charge is -2.14. The Bertz CT molecular complexity index is 587. The molecule has 3 N–H and O–H groups in total. The van der Waals surface area contributed by atoms with Crippen LogP contribution in [0.15, 0.2) is 29.8 Å². The number of nitrogens with zero attached hydrogens (tertiary/aromatic N) is 1. The molecule has 0 saturated heterocycles. The van der Waals surface area contributed by atoms with Gasteiger partial charge >= 0.3 is 0 Å². The summed E-state index contributed by atoms with van der Waals surface area (Å²) in [5.74, 6) is 0.821. The van der Waals surface area contributed by atoms with E-state index in [1.54, 1.807) is 18.2 Å². The highest BCUT2D eigenvalue weighted by Crippen LogP contribution is 2.31. The molecule has 0 aromatic heterocycles. The first kappa shape index (κ1) is 15.2. The third-order valence-corrected chi connectivity index (χ3v) is 3.18. The first-order valence-electron chi connectivity index (χ1n) is 6.47. The topological polar surface area (TPSA) is 74.8 Å². The fourth-order valence-corrected chi connectivity index (χ4v) is 2.08. The van der Waals surface area contributed by atoms with E-state index >= 15 is 0 Å². The third-order valence-electron chi connectivity index (χ3n) is 2.87. The van der Waals surface area contributed by atoms with Crippen molar-refractivity contribution in [3.8, 4) is 5.75 Å². The molecule has 7 heteroatoms. The van der Waals surface area contributed by atoms with Crippen LogP contribution >= 0.6 is 11.6 Å². The number of hydrogen-bond acceptors (Lipinski definition) is 5. The number of carbonyl (C=O) groups excluding carboxylic acids is 1. The third kappa shape index (κ3) is 3.66. The summed E-state index contributed by atoms with van der Waals surface area (Å²) in [6.07, 6.45) is 1.60. The Kier molecular flexibility index (Phi) is 5.05. The summed E-state index contributed by atoms with van der Waals surface area (Å²) in [5, 5.41) is 9.26. The molecule has 1 aromatic rings. The van der Waals surface area contributed by atoms with E-state index in [9.17, 15) is 4.79 Å². The Morgan fingerprint density at radius 1 is 1.62 bits per heavy atom. The normalized spacial score (nSPS) is 13.1. The molecule has 0 unspecified atom stereocenters. The van der Waals surface area contributed by atoms with E-state index in [-0.39, 0.29) is 5.91 Å². The molecule has 0 fully saturated rings. The summed E-state index contributed by atoms with van der Waals surface area (Å²) < 4.78 is 5.26. The van der Waals surface area contributed by atoms with Crippen molar-refractivity contribution in [3.05, 3.63) is 35.4 Å². The Labute approximate surface area is 128 Å². The van der Waals surface area contributed by atoms with Crippen LogP contribution in [-0.4, -0.2) is 38.6 Å². The van der Waals surface area contributed by atoms with Crippen LogP contribution < -0.4 is 20.7 Å². The smallest absolute Gasteiger partial charge is 0.255 e. The fourth-order valence-electron chi connectivity index (χ4n) is 1.86. The zero-order chi connectivity index (χ0) is 15.2. The Morgan fingerprint density at radius 3 is 3.05 bits per heavy atom. The zero-order valence-corrected chi connectivity index (χ0v) is 12.5. The summed E-state index contributed by atoms with van der Waals surface area (Å²) >= 11 is 6.21. The number of halogens is 1. The van der Waals surface area contributed by atoms with Crippen molar-refractivity contribution in [3.63, 3.8) is 0 Å². The van der Waals surface area contributed by atoms with Crippen LogP contribution in [0.4, 0.5) is 5.69 Å². The fraction of sp³-hybridized carbons (Fsp3) is 0.286. The van der Waals surface area contributed by atoms with Gasteiger partial charge in [-0.15, -0.1) is 6.58 Å². The van der Waals surface area contributed by atoms with Gasteiger partial charge in [0.05, 0.1) is 29.9 Å². The molecule has 2 rings (SSSR count). The molecule has 1 heterocycles. The largest absolute Gasteiger partial charge is 0.496 e. The molecule has 1 aliphatic rings. The molecule has 0 radical (unpaired) electrons. The molecule has 0 aliphatic carbocycles. The van der Waals surface area contributed by atoms with E-state index < -0.39 is 0 Å². The van der Waals surface area contributed by atoms with E-state index in [0.717, 1.165) is 13.1 Å². The lowest BCUT2D eigenvalue weighted by Crippen LogP contribution is -2.27. The van der Waals surface area contributed by atoms with Crippen LogP contribution in [0.5, 0.6) is 5.75 Å². The highest BCUT2D eigenvalue weighted by molar-refractivity contribution is 6.34. The molecule has 0 bridgehead atoms. The van der Waals surface area contributed by atoms with Gasteiger partial charge in [-0.1, -0.05) is 17.7 Å². The molecular formula is C14H17ClN4O2. The summed E-state index contributed by atoms with van der Waals surface area (Å²) in [4.78, 5) is 16.3. The van der Waals surface area contributed by atoms with Crippen molar-refractivity contribution in [2.75, 3.05) is 32.1 Å². The number of rotatable bonds is 5. The molecule has 0 saturated carbocycles. The molecule has 112 valence electrons. The summed E-state index contributed by atoms with van der Waals surface area (Å²) in [6, 6.07) is 3.24. The van der Waals surface area contributed by atoms with Crippen LogP contribution in [0, 0.1) is 0 Å². The second kappa shape index (κ2) is 6.99. The standard InChI is InChI=1S/C14H17ClN4O2/c1-3-4-16-13(20)9-7-10(15)11(8-12(9)21-2)19-14-17-5-6-18-14/h3,7-8H,1,4-6H2,2H3,(H,16,20)(H2,17,18,19). The van der Waals surface area contributed by atoms with Crippen LogP contribution in [-0.2, 0) is 0 Å². The Hall–Kier alpha value is -2.21. The molecule has 21 heavy (non-hydrogen) atoms. The molecular weight excluding hydrogens is 292 g/mol. The minimum absolute atomic E-state index is 0.267. The first-order valence-corrected chi connectivity index (χ1v) is 6.85. The molecule has 0 atom stereocenters.